The van der Waals surface area contributed by atoms with Gasteiger partial charge >= 0.3 is 0 Å². The molecule has 1 aromatic heterocycles. The molecule has 1 saturated carbocycles. The number of nitrogens with one attached hydrogen (secondary N) is 1. The Bertz CT molecular complexity index is 258. The predicted octanol–water partition coefficient (Wildman–Crippen LogP) is 1.42. The summed E-state index contributed by atoms with van der Waals surface area (Å²) in [4.78, 5) is 0. The molecule has 2 N–H and O–H groups in total. The minimum Gasteiger partial charge on any atom is -0.383 e. The lowest BCUT2D eigenvalue weighted by atomic mass is 10.1. The van der Waals surface area contributed by atoms with E-state index in [1.807, 2.05) is 6.07 Å². The summed E-state index contributed by atoms with van der Waals surface area (Å²) in [7, 11) is 0. The van der Waals surface area contributed by atoms with Gasteiger partial charge in [0.25, 0.3) is 0 Å². The van der Waals surface area contributed by atoms with Crippen molar-refractivity contribution in [3.05, 3.63) is 18.0 Å². The van der Waals surface area contributed by atoms with Crippen LogP contribution in [-0.2, 0) is 5.60 Å². The molecule has 0 radical (unpaired) electrons. The average molecular weight is 166 g/mol. The van der Waals surface area contributed by atoms with Crippen molar-refractivity contribution in [2.75, 3.05) is 0 Å². The summed E-state index contributed by atoms with van der Waals surface area (Å²) in [6.45, 7) is 2.14. The van der Waals surface area contributed by atoms with Gasteiger partial charge in [0.05, 0.1) is 5.69 Å². The summed E-state index contributed by atoms with van der Waals surface area (Å²) in [5.41, 5.74) is 0.299. The van der Waals surface area contributed by atoms with Crippen molar-refractivity contribution in [3.63, 3.8) is 0 Å². The van der Waals surface area contributed by atoms with E-state index < -0.39 is 5.60 Å². The normalized spacial score (nSPS) is 33.7. The van der Waals surface area contributed by atoms with Crippen molar-refractivity contribution in [2.24, 2.45) is 5.92 Å². The molecule has 1 fully saturated rings. The monoisotopic (exact) mass is 166 g/mol. The molecular weight excluding hydrogens is 152 g/mol. The Hall–Kier alpha value is -0.830. The topological polar surface area (TPSA) is 48.9 Å². The van der Waals surface area contributed by atoms with Crippen LogP contribution in [0.2, 0.25) is 0 Å². The van der Waals surface area contributed by atoms with E-state index in [0.29, 0.717) is 5.92 Å². The van der Waals surface area contributed by atoms with E-state index in [1.54, 1.807) is 6.20 Å². The van der Waals surface area contributed by atoms with Crippen LogP contribution in [0.3, 0.4) is 0 Å². The molecule has 2 atom stereocenters. The molecule has 1 aromatic rings. The zero-order valence-electron chi connectivity index (χ0n) is 7.25. The summed E-state index contributed by atoms with van der Waals surface area (Å²) in [6.07, 6.45) is 4.83. The Balaban J connectivity index is 2.07. The molecule has 2 unspecified atom stereocenters. The van der Waals surface area contributed by atoms with Gasteiger partial charge in [0.1, 0.15) is 5.60 Å². The van der Waals surface area contributed by atoms with E-state index in [2.05, 4.69) is 17.1 Å². The first kappa shape index (κ1) is 7.80. The lowest BCUT2D eigenvalue weighted by Crippen LogP contribution is -2.09. The van der Waals surface area contributed by atoms with Crippen LogP contribution in [0.1, 0.15) is 31.9 Å². The third kappa shape index (κ3) is 1.05. The fourth-order valence-electron chi connectivity index (χ4n) is 1.83. The van der Waals surface area contributed by atoms with Gasteiger partial charge < -0.3 is 5.11 Å². The molecule has 0 saturated heterocycles. The maximum Gasteiger partial charge on any atom is 0.109 e. The molecule has 3 heteroatoms. The molecule has 3 nitrogen and oxygen atoms in total. The maximum absolute atomic E-state index is 10.0. The van der Waals surface area contributed by atoms with Crippen LogP contribution in [0.5, 0.6) is 0 Å². The van der Waals surface area contributed by atoms with Crippen molar-refractivity contribution < 1.29 is 5.11 Å². The Morgan fingerprint density at radius 1 is 1.83 bits per heavy atom. The highest BCUT2D eigenvalue weighted by Crippen LogP contribution is 2.53. The van der Waals surface area contributed by atoms with Gasteiger partial charge in [-0.05, 0) is 24.8 Å². The number of hydrogen-bond donors (Lipinski definition) is 2. The molecule has 1 heterocycles. The van der Waals surface area contributed by atoms with E-state index in [0.717, 1.165) is 25.0 Å². The number of rotatable bonds is 3. The summed E-state index contributed by atoms with van der Waals surface area (Å²) in [6, 6.07) is 1.86. The Kier molecular flexibility index (Phi) is 1.68. The number of nitrogens with zero attached hydrogens (tertiary/aromatic N) is 1. The van der Waals surface area contributed by atoms with E-state index in [4.69, 9.17) is 0 Å². The van der Waals surface area contributed by atoms with Crippen molar-refractivity contribution >= 4 is 0 Å². The zero-order valence-corrected chi connectivity index (χ0v) is 7.25. The molecule has 0 bridgehead atoms. The van der Waals surface area contributed by atoms with E-state index >= 15 is 0 Å². The number of aromatic nitrogens is 2. The maximum atomic E-state index is 10.0. The van der Waals surface area contributed by atoms with Gasteiger partial charge in [-0.15, -0.1) is 0 Å². The standard InChI is InChI=1S/C9H14N2O/c1-2-3-7-6-9(7,12)8-4-5-10-11-8/h4-5,7,12H,2-3,6H2,1H3,(H,10,11). The number of H-pyrrole nitrogens is 1. The second kappa shape index (κ2) is 2.59. The van der Waals surface area contributed by atoms with Crippen LogP contribution < -0.4 is 0 Å². The first-order chi connectivity index (χ1) is 5.77. The van der Waals surface area contributed by atoms with Crippen LogP contribution in [0.15, 0.2) is 12.3 Å². The van der Waals surface area contributed by atoms with Gasteiger partial charge in [0, 0.05) is 6.20 Å². The minimum absolute atomic E-state index is 0.447. The molecule has 0 aliphatic heterocycles. The van der Waals surface area contributed by atoms with E-state index in [9.17, 15) is 5.11 Å². The van der Waals surface area contributed by atoms with Gasteiger partial charge in [-0.1, -0.05) is 13.3 Å². The van der Waals surface area contributed by atoms with Crippen LogP contribution >= 0.6 is 0 Å². The first-order valence-electron chi connectivity index (χ1n) is 4.49. The molecular formula is C9H14N2O. The highest BCUT2D eigenvalue weighted by molar-refractivity contribution is 5.20. The number of aliphatic hydroxyl groups is 1. The lowest BCUT2D eigenvalue weighted by Gasteiger charge is -2.06. The van der Waals surface area contributed by atoms with Gasteiger partial charge in [-0.25, -0.2) is 0 Å². The summed E-state index contributed by atoms with van der Waals surface area (Å²) in [5.74, 6) is 0.447. The van der Waals surface area contributed by atoms with Crippen LogP contribution in [-0.4, -0.2) is 15.3 Å². The minimum atomic E-state index is -0.577. The van der Waals surface area contributed by atoms with Crippen molar-refractivity contribution in [1.29, 1.82) is 0 Å². The molecule has 66 valence electrons. The largest absolute Gasteiger partial charge is 0.383 e. The van der Waals surface area contributed by atoms with E-state index in [1.165, 1.54) is 0 Å². The van der Waals surface area contributed by atoms with Gasteiger partial charge in [0.2, 0.25) is 0 Å². The second-order valence-corrected chi connectivity index (χ2v) is 3.58. The molecule has 2 rings (SSSR count). The predicted molar refractivity (Wildman–Crippen MR) is 45.5 cm³/mol. The Morgan fingerprint density at radius 2 is 2.67 bits per heavy atom. The number of hydrogen-bond acceptors (Lipinski definition) is 2. The third-order valence-corrected chi connectivity index (χ3v) is 2.68. The van der Waals surface area contributed by atoms with Crippen LogP contribution in [0.4, 0.5) is 0 Å². The fraction of sp³-hybridized carbons (Fsp3) is 0.667. The summed E-state index contributed by atoms with van der Waals surface area (Å²) < 4.78 is 0. The van der Waals surface area contributed by atoms with Crippen molar-refractivity contribution in [3.8, 4) is 0 Å². The molecule has 0 aromatic carbocycles. The van der Waals surface area contributed by atoms with Crippen molar-refractivity contribution in [1.82, 2.24) is 10.2 Å². The van der Waals surface area contributed by atoms with Gasteiger partial charge in [0.15, 0.2) is 0 Å². The Morgan fingerprint density at radius 3 is 3.25 bits per heavy atom. The summed E-state index contributed by atoms with van der Waals surface area (Å²) >= 11 is 0. The zero-order chi connectivity index (χ0) is 8.60. The van der Waals surface area contributed by atoms with Crippen molar-refractivity contribution in [2.45, 2.75) is 31.8 Å². The summed E-state index contributed by atoms with van der Waals surface area (Å²) in [5, 5.41) is 16.7. The molecule has 0 spiro atoms. The lowest BCUT2D eigenvalue weighted by molar-refractivity contribution is 0.124. The smallest absolute Gasteiger partial charge is 0.109 e. The molecule has 1 aliphatic rings. The highest BCUT2D eigenvalue weighted by Gasteiger charge is 2.54. The quantitative estimate of drug-likeness (QED) is 0.713. The van der Waals surface area contributed by atoms with Gasteiger partial charge in [-0.3, -0.25) is 5.10 Å². The molecule has 12 heavy (non-hydrogen) atoms. The highest BCUT2D eigenvalue weighted by atomic mass is 16.3. The van der Waals surface area contributed by atoms with Gasteiger partial charge in [-0.2, -0.15) is 5.10 Å². The third-order valence-electron chi connectivity index (χ3n) is 2.68. The Labute approximate surface area is 71.8 Å². The average Bonchev–Trinajstić information content (AvgIpc) is 2.57. The van der Waals surface area contributed by atoms with Crippen LogP contribution in [0.25, 0.3) is 0 Å². The number of aromatic amines is 1. The van der Waals surface area contributed by atoms with Crippen LogP contribution in [0, 0.1) is 5.92 Å². The second-order valence-electron chi connectivity index (χ2n) is 3.58. The SMILES string of the molecule is CCCC1CC1(O)c1ccn[nH]1. The molecule has 0 amide bonds. The first-order valence-corrected chi connectivity index (χ1v) is 4.49. The molecule has 1 aliphatic carbocycles. The fourth-order valence-corrected chi connectivity index (χ4v) is 1.83. The van der Waals surface area contributed by atoms with E-state index in [-0.39, 0.29) is 0 Å².